The molecule has 2 aromatic rings. The number of amides is 2. The topological polar surface area (TPSA) is 65.8 Å². The Hall–Kier alpha value is -2.93. The lowest BCUT2D eigenvalue weighted by Crippen LogP contribution is -2.54. The highest BCUT2D eigenvalue weighted by molar-refractivity contribution is 7.80. The molecule has 0 saturated carbocycles. The number of benzene rings is 1. The first-order valence-electron chi connectivity index (χ1n) is 8.86. The van der Waals surface area contributed by atoms with E-state index in [-0.39, 0.29) is 10.7 Å². The van der Waals surface area contributed by atoms with Crippen molar-refractivity contribution in [3.05, 3.63) is 53.3 Å². The summed E-state index contributed by atoms with van der Waals surface area (Å²) >= 11 is 5.22. The normalized spacial score (nSPS) is 19.1. The molecule has 2 saturated heterocycles. The highest BCUT2D eigenvalue weighted by atomic mass is 32.1. The molecule has 27 heavy (non-hydrogen) atoms. The molecule has 0 unspecified atom stereocenters. The third-order valence-electron chi connectivity index (χ3n) is 4.68. The molecular formula is C20H19N3O3S. The van der Waals surface area contributed by atoms with Crippen LogP contribution < -0.4 is 15.1 Å². The van der Waals surface area contributed by atoms with Gasteiger partial charge in [0.15, 0.2) is 11.0 Å². The van der Waals surface area contributed by atoms with Gasteiger partial charge in [0.25, 0.3) is 11.8 Å². The van der Waals surface area contributed by atoms with Gasteiger partial charge in [-0.05, 0) is 61.8 Å². The van der Waals surface area contributed by atoms with Crippen LogP contribution in [0.3, 0.4) is 0 Å². The molecule has 0 atom stereocenters. The minimum Gasteiger partial charge on any atom is -0.441 e. The Morgan fingerprint density at radius 2 is 1.93 bits per heavy atom. The van der Waals surface area contributed by atoms with E-state index < -0.39 is 11.8 Å². The molecule has 0 spiro atoms. The number of carbonyl (C=O) groups excluding carboxylic acids is 2. The standard InChI is InChI=1S/C20H19N3O3S/c1-13-5-4-6-14(11-13)23-19(25)16(18(24)21-20(23)27)12-15-7-8-17(26-15)22-9-2-3-10-22/h4-8,11-12H,2-3,9-10H2,1H3,(H,21,24,27)/b16-12+. The fourth-order valence-corrected chi connectivity index (χ4v) is 3.61. The van der Waals surface area contributed by atoms with E-state index in [1.807, 2.05) is 31.2 Å². The van der Waals surface area contributed by atoms with E-state index in [0.717, 1.165) is 37.4 Å². The molecule has 2 aliphatic rings. The zero-order valence-corrected chi connectivity index (χ0v) is 15.7. The van der Waals surface area contributed by atoms with Crippen molar-refractivity contribution in [3.63, 3.8) is 0 Å². The van der Waals surface area contributed by atoms with Crippen molar-refractivity contribution in [2.75, 3.05) is 22.9 Å². The Morgan fingerprint density at radius 1 is 1.15 bits per heavy atom. The van der Waals surface area contributed by atoms with Crippen molar-refractivity contribution in [3.8, 4) is 0 Å². The fraction of sp³-hybridized carbons (Fsp3) is 0.250. The maximum atomic E-state index is 13.0. The van der Waals surface area contributed by atoms with Crippen LogP contribution in [0.2, 0.25) is 0 Å². The number of carbonyl (C=O) groups is 2. The molecule has 0 radical (unpaired) electrons. The summed E-state index contributed by atoms with van der Waals surface area (Å²) in [5.74, 6) is 0.239. The van der Waals surface area contributed by atoms with Crippen LogP contribution in [0.15, 0.2) is 46.4 Å². The molecule has 1 N–H and O–H groups in total. The van der Waals surface area contributed by atoms with Gasteiger partial charge in [0.2, 0.25) is 0 Å². The Kier molecular flexibility index (Phi) is 4.53. The Labute approximate surface area is 162 Å². The molecule has 7 heteroatoms. The molecule has 138 valence electrons. The number of nitrogens with one attached hydrogen (secondary N) is 1. The highest BCUT2D eigenvalue weighted by Crippen LogP contribution is 2.26. The average molecular weight is 381 g/mol. The van der Waals surface area contributed by atoms with Crippen molar-refractivity contribution < 1.29 is 14.0 Å². The van der Waals surface area contributed by atoms with Gasteiger partial charge in [-0.3, -0.25) is 19.8 Å². The van der Waals surface area contributed by atoms with Crippen LogP contribution in [-0.2, 0) is 9.59 Å². The third-order valence-corrected chi connectivity index (χ3v) is 4.96. The zero-order valence-electron chi connectivity index (χ0n) is 14.9. The number of hydrogen-bond acceptors (Lipinski definition) is 5. The Bertz CT molecular complexity index is 957. The van der Waals surface area contributed by atoms with Gasteiger partial charge < -0.3 is 9.32 Å². The number of furan rings is 1. The van der Waals surface area contributed by atoms with Gasteiger partial charge >= 0.3 is 0 Å². The van der Waals surface area contributed by atoms with Gasteiger partial charge in [0, 0.05) is 19.2 Å². The number of thiocarbonyl (C=S) groups is 1. The first kappa shape index (κ1) is 17.5. The number of aryl methyl sites for hydroxylation is 1. The lowest BCUT2D eigenvalue weighted by atomic mass is 10.1. The summed E-state index contributed by atoms with van der Waals surface area (Å²) in [6, 6.07) is 11.0. The number of nitrogens with zero attached hydrogens (tertiary/aromatic N) is 2. The molecule has 2 fully saturated rings. The second-order valence-corrected chi connectivity index (χ2v) is 7.05. The van der Waals surface area contributed by atoms with E-state index >= 15 is 0 Å². The quantitative estimate of drug-likeness (QED) is 0.503. The van der Waals surface area contributed by atoms with Crippen LogP contribution in [0.1, 0.15) is 24.2 Å². The van der Waals surface area contributed by atoms with Gasteiger partial charge in [-0.2, -0.15) is 0 Å². The summed E-state index contributed by atoms with van der Waals surface area (Å²) in [7, 11) is 0. The molecule has 4 rings (SSSR count). The maximum Gasteiger partial charge on any atom is 0.270 e. The second-order valence-electron chi connectivity index (χ2n) is 6.67. The highest BCUT2D eigenvalue weighted by Gasteiger charge is 2.34. The molecule has 2 amide bonds. The molecule has 1 aromatic carbocycles. The summed E-state index contributed by atoms with van der Waals surface area (Å²) in [6.45, 7) is 3.84. The van der Waals surface area contributed by atoms with Gasteiger partial charge in [0.1, 0.15) is 11.3 Å². The largest absolute Gasteiger partial charge is 0.441 e. The van der Waals surface area contributed by atoms with Crippen molar-refractivity contribution in [1.29, 1.82) is 0 Å². The van der Waals surface area contributed by atoms with E-state index in [4.69, 9.17) is 16.6 Å². The van der Waals surface area contributed by atoms with Gasteiger partial charge in [-0.15, -0.1) is 0 Å². The van der Waals surface area contributed by atoms with Crippen LogP contribution >= 0.6 is 12.2 Å². The minimum atomic E-state index is -0.520. The predicted molar refractivity (Wildman–Crippen MR) is 108 cm³/mol. The lowest BCUT2D eigenvalue weighted by molar-refractivity contribution is -0.122. The summed E-state index contributed by atoms with van der Waals surface area (Å²) < 4.78 is 5.82. The number of hydrogen-bond donors (Lipinski definition) is 1. The predicted octanol–water partition coefficient (Wildman–Crippen LogP) is 3.02. The number of rotatable bonds is 3. The fourth-order valence-electron chi connectivity index (χ4n) is 3.33. The molecule has 1 aromatic heterocycles. The van der Waals surface area contributed by atoms with Crippen LogP contribution in [-0.4, -0.2) is 30.0 Å². The maximum absolute atomic E-state index is 13.0. The molecule has 0 bridgehead atoms. The van der Waals surface area contributed by atoms with Crippen LogP contribution in [0.5, 0.6) is 0 Å². The lowest BCUT2D eigenvalue weighted by Gasteiger charge is -2.29. The zero-order chi connectivity index (χ0) is 19.0. The van der Waals surface area contributed by atoms with Crippen molar-refractivity contribution in [1.82, 2.24) is 5.32 Å². The molecule has 6 nitrogen and oxygen atoms in total. The molecule has 3 heterocycles. The summed E-state index contributed by atoms with van der Waals surface area (Å²) in [6.07, 6.45) is 3.75. The Balaban J connectivity index is 1.65. The summed E-state index contributed by atoms with van der Waals surface area (Å²) in [4.78, 5) is 28.8. The monoisotopic (exact) mass is 381 g/mol. The molecular weight excluding hydrogens is 362 g/mol. The first-order chi connectivity index (χ1) is 13.0. The summed E-state index contributed by atoms with van der Waals surface area (Å²) in [5.41, 5.74) is 1.60. The van der Waals surface area contributed by atoms with E-state index in [1.165, 1.54) is 11.0 Å². The van der Waals surface area contributed by atoms with E-state index in [0.29, 0.717) is 11.4 Å². The van der Waals surface area contributed by atoms with Crippen molar-refractivity contribution in [2.45, 2.75) is 19.8 Å². The van der Waals surface area contributed by atoms with Crippen LogP contribution in [0, 0.1) is 6.92 Å². The van der Waals surface area contributed by atoms with Crippen molar-refractivity contribution in [2.24, 2.45) is 0 Å². The van der Waals surface area contributed by atoms with Gasteiger partial charge in [-0.25, -0.2) is 0 Å². The second kappa shape index (κ2) is 7.00. The van der Waals surface area contributed by atoms with E-state index in [2.05, 4.69) is 10.2 Å². The smallest absolute Gasteiger partial charge is 0.270 e. The van der Waals surface area contributed by atoms with E-state index in [9.17, 15) is 9.59 Å². The minimum absolute atomic E-state index is 0.00701. The van der Waals surface area contributed by atoms with Gasteiger partial charge in [-0.1, -0.05) is 12.1 Å². The molecule has 2 aliphatic heterocycles. The summed E-state index contributed by atoms with van der Waals surface area (Å²) in [5, 5.41) is 2.66. The van der Waals surface area contributed by atoms with E-state index in [1.54, 1.807) is 12.1 Å². The SMILES string of the molecule is Cc1cccc(N2C(=O)/C(=C/c3ccc(N4CCCC4)o3)C(=O)NC2=S)c1. The molecule has 0 aliphatic carbocycles. The third kappa shape index (κ3) is 3.38. The van der Waals surface area contributed by atoms with Crippen molar-refractivity contribution >= 4 is 46.8 Å². The Morgan fingerprint density at radius 3 is 2.67 bits per heavy atom. The number of anilines is 2. The first-order valence-corrected chi connectivity index (χ1v) is 9.27. The van der Waals surface area contributed by atoms with Gasteiger partial charge in [0.05, 0.1) is 5.69 Å². The average Bonchev–Trinajstić information content (AvgIpc) is 3.30. The van der Waals surface area contributed by atoms with Crippen LogP contribution in [0.25, 0.3) is 6.08 Å². The van der Waals surface area contributed by atoms with Crippen LogP contribution in [0.4, 0.5) is 11.6 Å².